The Labute approximate surface area is 221 Å². The third kappa shape index (κ3) is 6.19. The van der Waals surface area contributed by atoms with Crippen LogP contribution in [0.2, 0.25) is 0 Å². The molecule has 34 heavy (non-hydrogen) atoms. The van der Waals surface area contributed by atoms with Crippen molar-refractivity contribution in [3.05, 3.63) is 0 Å². The molecule has 0 radical (unpaired) electrons. The maximum absolute atomic E-state index is 10.3. The van der Waals surface area contributed by atoms with Gasteiger partial charge in [-0.2, -0.15) is 60.5 Å². The van der Waals surface area contributed by atoms with Gasteiger partial charge in [-0.3, -0.25) is 0 Å². The number of rotatable bonds is 8. The SMILES string of the molecule is OC(Nc1nc(N2CCCCC2)c2nc(NC(O)C(S)S)nc(N3CCCCC3)c2n1)C(S)S. The van der Waals surface area contributed by atoms with Crippen LogP contribution in [0.4, 0.5) is 23.5 Å². The molecule has 0 aliphatic carbocycles. The Hall–Kier alpha value is -1.06. The molecule has 2 fully saturated rings. The molecule has 2 saturated heterocycles. The summed E-state index contributed by atoms with van der Waals surface area (Å²) in [6.45, 7) is 3.39. The van der Waals surface area contributed by atoms with E-state index in [1.54, 1.807) is 0 Å². The number of aliphatic hydroxyl groups is 2. The van der Waals surface area contributed by atoms with E-state index in [2.05, 4.69) is 70.9 Å². The first kappa shape index (κ1) is 26.0. The molecule has 0 spiro atoms. The number of hydrogen-bond donors (Lipinski definition) is 8. The molecule has 4 rings (SSSR count). The minimum absolute atomic E-state index is 0.266. The summed E-state index contributed by atoms with van der Waals surface area (Å²) in [5, 5.41) is 26.4. The van der Waals surface area contributed by atoms with Gasteiger partial charge >= 0.3 is 0 Å². The maximum Gasteiger partial charge on any atom is 0.227 e. The average molecular weight is 545 g/mol. The Kier molecular flexibility index (Phi) is 9.02. The van der Waals surface area contributed by atoms with Gasteiger partial charge in [-0.15, -0.1) is 0 Å². The van der Waals surface area contributed by atoms with E-state index in [1.807, 2.05) is 0 Å². The number of hydrogen-bond acceptors (Lipinski definition) is 14. The van der Waals surface area contributed by atoms with Crippen molar-refractivity contribution in [2.75, 3.05) is 46.6 Å². The summed E-state index contributed by atoms with van der Waals surface area (Å²) in [6, 6.07) is 0. The summed E-state index contributed by atoms with van der Waals surface area (Å²) in [6.07, 6.45) is 4.48. The second kappa shape index (κ2) is 11.8. The Morgan fingerprint density at radius 3 is 1.26 bits per heavy atom. The van der Waals surface area contributed by atoms with E-state index < -0.39 is 21.6 Å². The van der Waals surface area contributed by atoms with Crippen LogP contribution in [-0.2, 0) is 0 Å². The van der Waals surface area contributed by atoms with Crippen molar-refractivity contribution < 1.29 is 10.2 Å². The van der Waals surface area contributed by atoms with Crippen molar-refractivity contribution in [2.24, 2.45) is 0 Å². The summed E-state index contributed by atoms with van der Waals surface area (Å²) in [5.74, 6) is 1.87. The zero-order valence-corrected chi connectivity index (χ0v) is 22.3. The van der Waals surface area contributed by atoms with E-state index in [9.17, 15) is 10.2 Å². The monoisotopic (exact) mass is 544 g/mol. The fourth-order valence-electron chi connectivity index (χ4n) is 4.18. The third-order valence-electron chi connectivity index (χ3n) is 5.94. The highest BCUT2D eigenvalue weighted by Gasteiger charge is 2.26. The van der Waals surface area contributed by atoms with Gasteiger partial charge in [-0.05, 0) is 38.5 Å². The lowest BCUT2D eigenvalue weighted by molar-refractivity contribution is 0.220. The van der Waals surface area contributed by atoms with Gasteiger partial charge in [-0.25, -0.2) is 9.97 Å². The number of aromatic nitrogens is 4. The highest BCUT2D eigenvalue weighted by molar-refractivity contribution is 7.99. The Bertz CT molecular complexity index is 896. The summed E-state index contributed by atoms with van der Waals surface area (Å²) < 4.78 is -1.22. The average Bonchev–Trinajstić information content (AvgIpc) is 2.84. The molecule has 2 aliphatic rings. The van der Waals surface area contributed by atoms with Crippen LogP contribution in [-0.4, -0.2) is 77.9 Å². The number of nitrogens with zero attached hydrogens (tertiary/aromatic N) is 6. The topological polar surface area (TPSA) is 123 Å². The molecule has 2 aliphatic heterocycles. The molecule has 2 aromatic rings. The van der Waals surface area contributed by atoms with E-state index in [1.165, 1.54) is 12.8 Å². The minimum atomic E-state index is -1.04. The van der Waals surface area contributed by atoms with Gasteiger partial charge in [-0.1, -0.05) is 0 Å². The fraction of sp³-hybridized carbons (Fsp3) is 0.700. The van der Waals surface area contributed by atoms with E-state index in [0.29, 0.717) is 22.7 Å². The molecule has 188 valence electrons. The predicted octanol–water partition coefficient (Wildman–Crippen LogP) is 2.23. The van der Waals surface area contributed by atoms with Crippen molar-refractivity contribution in [2.45, 2.75) is 60.1 Å². The van der Waals surface area contributed by atoms with Crippen LogP contribution in [0, 0.1) is 0 Å². The van der Waals surface area contributed by atoms with Gasteiger partial charge in [0.05, 0.1) is 9.16 Å². The first-order valence-corrected chi connectivity index (χ1v) is 13.6. The molecule has 2 aromatic heterocycles. The second-order valence-electron chi connectivity index (χ2n) is 8.54. The number of thiol groups is 4. The van der Waals surface area contributed by atoms with Gasteiger partial charge in [0.15, 0.2) is 11.6 Å². The fourth-order valence-corrected chi connectivity index (χ4v) is 4.48. The number of piperidine rings is 2. The van der Waals surface area contributed by atoms with Crippen molar-refractivity contribution in [1.29, 1.82) is 0 Å². The molecule has 14 heteroatoms. The van der Waals surface area contributed by atoms with Crippen LogP contribution >= 0.6 is 50.5 Å². The lowest BCUT2D eigenvalue weighted by Gasteiger charge is -2.31. The number of aliphatic hydroxyl groups excluding tert-OH is 2. The Morgan fingerprint density at radius 1 is 0.588 bits per heavy atom. The zero-order chi connectivity index (χ0) is 24.2. The van der Waals surface area contributed by atoms with Crippen LogP contribution in [0.25, 0.3) is 11.0 Å². The molecule has 0 aromatic carbocycles. The first-order valence-electron chi connectivity index (χ1n) is 11.5. The van der Waals surface area contributed by atoms with Crippen LogP contribution < -0.4 is 20.4 Å². The Balaban J connectivity index is 1.87. The lowest BCUT2D eigenvalue weighted by atomic mass is 10.1. The van der Waals surface area contributed by atoms with Crippen LogP contribution in [0.3, 0.4) is 0 Å². The standard InChI is InChI=1S/C20H32N8O2S4/c29-15(17(31)32)25-19-22-12-11(13(23-19)27-7-3-1-4-8-27)21-20(26-16(30)18(33)34)24-14(12)28-9-5-2-6-10-28/h15-18,29-34H,1-10H2,(H,22,23,25)(H,21,24,26). The molecule has 4 N–H and O–H groups in total. The van der Waals surface area contributed by atoms with Gasteiger partial charge in [0, 0.05) is 26.2 Å². The summed E-state index contributed by atoms with van der Waals surface area (Å²) >= 11 is 16.8. The smallest absolute Gasteiger partial charge is 0.227 e. The van der Waals surface area contributed by atoms with Crippen molar-refractivity contribution in [3.63, 3.8) is 0 Å². The maximum atomic E-state index is 10.3. The van der Waals surface area contributed by atoms with E-state index in [0.717, 1.165) is 51.9 Å². The van der Waals surface area contributed by atoms with Crippen molar-refractivity contribution in [1.82, 2.24) is 19.9 Å². The molecule has 0 amide bonds. The molecule has 2 atom stereocenters. The van der Waals surface area contributed by atoms with Gasteiger partial charge in [0.2, 0.25) is 11.9 Å². The van der Waals surface area contributed by atoms with Crippen LogP contribution in [0.5, 0.6) is 0 Å². The molecular weight excluding hydrogens is 513 g/mol. The van der Waals surface area contributed by atoms with Gasteiger partial charge < -0.3 is 30.6 Å². The third-order valence-corrected chi connectivity index (χ3v) is 7.07. The van der Waals surface area contributed by atoms with Gasteiger partial charge in [0.25, 0.3) is 0 Å². The number of fused-ring (bicyclic) bond motifs is 1. The first-order chi connectivity index (χ1) is 16.3. The van der Waals surface area contributed by atoms with Crippen LogP contribution in [0.1, 0.15) is 38.5 Å². The normalized spacial score (nSPS) is 19.1. The molecule has 2 unspecified atom stereocenters. The highest BCUT2D eigenvalue weighted by atomic mass is 32.2. The number of nitrogens with one attached hydrogen (secondary N) is 2. The molecule has 0 bridgehead atoms. The molecule has 0 saturated carbocycles. The van der Waals surface area contributed by atoms with Gasteiger partial charge in [0.1, 0.15) is 23.5 Å². The highest BCUT2D eigenvalue weighted by Crippen LogP contribution is 2.34. The van der Waals surface area contributed by atoms with E-state index >= 15 is 0 Å². The predicted molar refractivity (Wildman–Crippen MR) is 150 cm³/mol. The number of anilines is 4. The van der Waals surface area contributed by atoms with E-state index in [-0.39, 0.29) is 11.9 Å². The summed E-state index contributed by atoms with van der Waals surface area (Å²) in [7, 11) is 0. The Morgan fingerprint density at radius 2 is 0.941 bits per heavy atom. The quantitative estimate of drug-likeness (QED) is 0.185. The minimum Gasteiger partial charge on any atom is -0.372 e. The lowest BCUT2D eigenvalue weighted by Crippen LogP contribution is -2.34. The van der Waals surface area contributed by atoms with E-state index in [4.69, 9.17) is 19.9 Å². The molecule has 10 nitrogen and oxygen atoms in total. The van der Waals surface area contributed by atoms with Crippen molar-refractivity contribution in [3.8, 4) is 0 Å². The zero-order valence-electron chi connectivity index (χ0n) is 18.7. The van der Waals surface area contributed by atoms with Crippen molar-refractivity contribution >= 4 is 85.1 Å². The largest absolute Gasteiger partial charge is 0.372 e. The summed E-state index contributed by atoms with van der Waals surface area (Å²) in [5.41, 5.74) is 1.19. The second-order valence-corrected chi connectivity index (χ2v) is 11.6. The van der Waals surface area contributed by atoms with Crippen LogP contribution in [0.15, 0.2) is 0 Å². The molecular formula is C20H32N8O2S4. The summed E-state index contributed by atoms with van der Waals surface area (Å²) in [4.78, 5) is 23.3. The molecule has 4 heterocycles.